The number of carbonyl (C=O) groups excluding carboxylic acids is 2. The third-order valence-corrected chi connectivity index (χ3v) is 5.42. The van der Waals surface area contributed by atoms with Gasteiger partial charge in [0.05, 0.1) is 4.88 Å². The number of carbonyl (C=O) groups is 2. The number of thiophene rings is 1. The molecule has 5 nitrogen and oxygen atoms in total. The van der Waals surface area contributed by atoms with E-state index in [2.05, 4.69) is 0 Å². The Hall–Kier alpha value is -2.34. The van der Waals surface area contributed by atoms with Crippen molar-refractivity contribution in [2.45, 2.75) is 12.8 Å². The van der Waals surface area contributed by atoms with Gasteiger partial charge in [-0.25, -0.2) is 0 Å². The molecular formula is C18H17NO4S. The molecule has 0 saturated carbocycles. The van der Waals surface area contributed by atoms with Gasteiger partial charge in [-0.2, -0.15) is 0 Å². The number of likely N-dealkylation sites (tertiary alicyclic amines) is 1. The molecule has 1 fully saturated rings. The van der Waals surface area contributed by atoms with Crippen molar-refractivity contribution in [1.82, 2.24) is 4.90 Å². The van der Waals surface area contributed by atoms with Crippen molar-refractivity contribution in [2.75, 3.05) is 19.9 Å². The molecular weight excluding hydrogens is 326 g/mol. The Morgan fingerprint density at radius 1 is 1.08 bits per heavy atom. The molecule has 6 heteroatoms. The monoisotopic (exact) mass is 343 g/mol. The van der Waals surface area contributed by atoms with E-state index in [-0.39, 0.29) is 24.4 Å². The van der Waals surface area contributed by atoms with Crippen LogP contribution in [0.5, 0.6) is 11.5 Å². The lowest BCUT2D eigenvalue weighted by molar-refractivity contribution is 0.0651. The summed E-state index contributed by atoms with van der Waals surface area (Å²) in [7, 11) is 0. The number of hydrogen-bond donors (Lipinski definition) is 0. The molecule has 4 rings (SSSR count). The lowest BCUT2D eigenvalue weighted by atomic mass is 9.91. The summed E-state index contributed by atoms with van der Waals surface area (Å²) in [5, 5.41) is 1.92. The Labute approximate surface area is 143 Å². The Morgan fingerprint density at radius 2 is 1.88 bits per heavy atom. The van der Waals surface area contributed by atoms with Crippen molar-refractivity contribution in [2.24, 2.45) is 5.92 Å². The minimum atomic E-state index is -0.0182. The summed E-state index contributed by atoms with van der Waals surface area (Å²) in [6, 6.07) is 9.03. The molecule has 2 aromatic rings. The maximum Gasteiger partial charge on any atom is 0.253 e. The second-order valence-corrected chi connectivity index (χ2v) is 6.92. The van der Waals surface area contributed by atoms with Crippen LogP contribution in [0.25, 0.3) is 0 Å². The number of piperidine rings is 1. The summed E-state index contributed by atoms with van der Waals surface area (Å²) < 4.78 is 10.6. The Bertz CT molecular complexity index is 763. The highest BCUT2D eigenvalue weighted by molar-refractivity contribution is 7.12. The van der Waals surface area contributed by atoms with Crippen LogP contribution >= 0.6 is 11.3 Å². The summed E-state index contributed by atoms with van der Waals surface area (Å²) in [6.45, 7) is 1.41. The summed E-state index contributed by atoms with van der Waals surface area (Å²) >= 11 is 1.48. The SMILES string of the molecule is O=C(c1cccs1)C1CCN(C(=O)c2ccc3c(c2)OCO3)CC1. The molecule has 0 aliphatic carbocycles. The fraction of sp³-hybridized carbons (Fsp3) is 0.333. The first-order valence-corrected chi connectivity index (χ1v) is 8.87. The molecule has 0 N–H and O–H groups in total. The zero-order valence-corrected chi connectivity index (χ0v) is 13.9. The predicted octanol–water partition coefficient (Wildman–Crippen LogP) is 3.21. The van der Waals surface area contributed by atoms with Crippen LogP contribution in [-0.4, -0.2) is 36.5 Å². The van der Waals surface area contributed by atoms with Crippen LogP contribution in [0.15, 0.2) is 35.7 Å². The molecule has 124 valence electrons. The number of ketones is 1. The maximum absolute atomic E-state index is 12.7. The van der Waals surface area contributed by atoms with Crippen LogP contribution in [0.4, 0.5) is 0 Å². The summed E-state index contributed by atoms with van der Waals surface area (Å²) in [4.78, 5) is 27.7. The van der Waals surface area contributed by atoms with E-state index in [4.69, 9.17) is 9.47 Å². The number of benzene rings is 1. The summed E-state index contributed by atoms with van der Waals surface area (Å²) in [5.41, 5.74) is 0.599. The number of rotatable bonds is 3. The van der Waals surface area contributed by atoms with E-state index in [1.54, 1.807) is 18.2 Å². The minimum Gasteiger partial charge on any atom is -0.454 e. The molecule has 24 heavy (non-hydrogen) atoms. The molecule has 0 unspecified atom stereocenters. The molecule has 0 spiro atoms. The van der Waals surface area contributed by atoms with Gasteiger partial charge in [-0.15, -0.1) is 11.3 Å². The number of nitrogens with zero attached hydrogens (tertiary/aromatic N) is 1. The standard InChI is InChI=1S/C18H17NO4S/c20-17(16-2-1-9-24-16)12-5-7-19(8-6-12)18(21)13-3-4-14-15(10-13)23-11-22-14/h1-4,9-10,12H,5-8,11H2. The van der Waals surface area contributed by atoms with Crippen molar-refractivity contribution in [1.29, 1.82) is 0 Å². The third-order valence-electron chi connectivity index (χ3n) is 4.54. The average Bonchev–Trinajstić information content (AvgIpc) is 3.31. The average molecular weight is 343 g/mol. The lowest BCUT2D eigenvalue weighted by Crippen LogP contribution is -2.40. The molecule has 0 radical (unpaired) electrons. The van der Waals surface area contributed by atoms with Crippen LogP contribution in [0.2, 0.25) is 0 Å². The quantitative estimate of drug-likeness (QED) is 0.803. The van der Waals surface area contributed by atoms with E-state index in [0.29, 0.717) is 43.0 Å². The maximum atomic E-state index is 12.7. The van der Waals surface area contributed by atoms with Crippen molar-refractivity contribution in [3.05, 3.63) is 46.2 Å². The third kappa shape index (κ3) is 2.78. The van der Waals surface area contributed by atoms with Crippen molar-refractivity contribution < 1.29 is 19.1 Å². The molecule has 1 aromatic heterocycles. The van der Waals surface area contributed by atoms with Gasteiger partial charge in [0.25, 0.3) is 5.91 Å². The molecule has 0 atom stereocenters. The van der Waals surface area contributed by atoms with E-state index >= 15 is 0 Å². The molecule has 3 heterocycles. The normalized spacial score (nSPS) is 17.1. The van der Waals surface area contributed by atoms with Gasteiger partial charge in [0.1, 0.15) is 0 Å². The molecule has 1 saturated heterocycles. The fourth-order valence-electron chi connectivity index (χ4n) is 3.18. The van der Waals surface area contributed by atoms with Gasteiger partial charge in [-0.1, -0.05) is 6.07 Å². The highest BCUT2D eigenvalue weighted by Crippen LogP contribution is 2.33. The second kappa shape index (κ2) is 6.28. The fourth-order valence-corrected chi connectivity index (χ4v) is 3.92. The summed E-state index contributed by atoms with van der Waals surface area (Å²) in [6.07, 6.45) is 1.43. The van der Waals surface area contributed by atoms with Crippen molar-refractivity contribution in [3.63, 3.8) is 0 Å². The van der Waals surface area contributed by atoms with Gasteiger partial charge in [0, 0.05) is 24.6 Å². The smallest absolute Gasteiger partial charge is 0.253 e. The largest absolute Gasteiger partial charge is 0.454 e. The van der Waals surface area contributed by atoms with Gasteiger partial charge in [0.2, 0.25) is 6.79 Å². The number of amides is 1. The van der Waals surface area contributed by atoms with Gasteiger partial charge >= 0.3 is 0 Å². The van der Waals surface area contributed by atoms with Gasteiger partial charge in [0.15, 0.2) is 17.3 Å². The van der Waals surface area contributed by atoms with Crippen molar-refractivity contribution in [3.8, 4) is 11.5 Å². The van der Waals surface area contributed by atoms with Crippen LogP contribution in [-0.2, 0) is 0 Å². The van der Waals surface area contributed by atoms with E-state index in [9.17, 15) is 9.59 Å². The molecule has 0 bridgehead atoms. The molecule has 2 aliphatic heterocycles. The molecule has 1 amide bonds. The lowest BCUT2D eigenvalue weighted by Gasteiger charge is -2.31. The Kier molecular flexibility index (Phi) is 3.98. The number of ether oxygens (including phenoxy) is 2. The molecule has 2 aliphatic rings. The number of fused-ring (bicyclic) bond motifs is 1. The number of hydrogen-bond acceptors (Lipinski definition) is 5. The minimum absolute atomic E-state index is 0.0180. The van der Waals surface area contributed by atoms with E-state index in [1.165, 1.54) is 11.3 Å². The first kappa shape index (κ1) is 15.2. The Balaban J connectivity index is 1.40. The van der Waals surface area contributed by atoms with Crippen molar-refractivity contribution >= 4 is 23.0 Å². The van der Waals surface area contributed by atoms with Gasteiger partial charge < -0.3 is 14.4 Å². The zero-order chi connectivity index (χ0) is 16.5. The van der Waals surface area contributed by atoms with E-state index < -0.39 is 0 Å². The highest BCUT2D eigenvalue weighted by atomic mass is 32.1. The van der Waals surface area contributed by atoms with Crippen LogP contribution in [0.3, 0.4) is 0 Å². The van der Waals surface area contributed by atoms with Gasteiger partial charge in [-0.05, 0) is 42.5 Å². The van der Waals surface area contributed by atoms with Crippen LogP contribution in [0.1, 0.15) is 32.9 Å². The highest BCUT2D eigenvalue weighted by Gasteiger charge is 2.29. The summed E-state index contributed by atoms with van der Waals surface area (Å²) in [5.74, 6) is 1.50. The second-order valence-electron chi connectivity index (χ2n) is 5.98. The first-order chi connectivity index (χ1) is 11.7. The van der Waals surface area contributed by atoms with Gasteiger partial charge in [-0.3, -0.25) is 9.59 Å². The predicted molar refractivity (Wildman–Crippen MR) is 89.8 cm³/mol. The van der Waals surface area contributed by atoms with Crippen LogP contribution in [0, 0.1) is 5.92 Å². The topological polar surface area (TPSA) is 55.8 Å². The van der Waals surface area contributed by atoms with E-state index in [0.717, 1.165) is 4.88 Å². The van der Waals surface area contributed by atoms with Crippen LogP contribution < -0.4 is 9.47 Å². The van der Waals surface area contributed by atoms with E-state index in [1.807, 2.05) is 22.4 Å². The first-order valence-electron chi connectivity index (χ1n) is 7.99. The number of Topliss-reactive ketones (excluding diaryl/α,β-unsaturated/α-hetero) is 1. The Morgan fingerprint density at radius 3 is 2.62 bits per heavy atom. The molecule has 1 aromatic carbocycles. The zero-order valence-electron chi connectivity index (χ0n) is 13.1.